The zero-order chi connectivity index (χ0) is 23.9. The summed E-state index contributed by atoms with van der Waals surface area (Å²) in [6.45, 7) is 16.5. The summed E-state index contributed by atoms with van der Waals surface area (Å²) in [5.41, 5.74) is -0.480. The van der Waals surface area contributed by atoms with Gasteiger partial charge in [-0.2, -0.15) is 0 Å². The molecule has 1 unspecified atom stereocenters. The SMILES string of the molecule is C=C(C)[C@H]1CC[C@](C)(O)[C@@H]1CC1=C(O)C(C)(CC=C(C)C)C(=O)C(C(=O)C(C)C)=C1O. The van der Waals surface area contributed by atoms with Gasteiger partial charge in [-0.1, -0.05) is 37.6 Å². The lowest BCUT2D eigenvalue weighted by atomic mass is 9.67. The number of carbonyl (C=O) groups excluding carboxylic acids is 2. The first kappa shape index (κ1) is 25.1. The number of hydrogen-bond acceptors (Lipinski definition) is 5. The van der Waals surface area contributed by atoms with Crippen LogP contribution in [0.5, 0.6) is 0 Å². The summed E-state index contributed by atoms with van der Waals surface area (Å²) in [6.07, 6.45) is 3.58. The topological polar surface area (TPSA) is 94.8 Å². The average Bonchev–Trinajstić information content (AvgIpc) is 2.96. The molecule has 2 aliphatic carbocycles. The monoisotopic (exact) mass is 430 g/mol. The molecule has 2 aliphatic rings. The first-order valence-corrected chi connectivity index (χ1v) is 11.1. The van der Waals surface area contributed by atoms with E-state index in [1.165, 1.54) is 0 Å². The van der Waals surface area contributed by atoms with Crippen molar-refractivity contribution in [1.82, 2.24) is 0 Å². The smallest absolute Gasteiger partial charge is 0.183 e. The van der Waals surface area contributed by atoms with Crippen LogP contribution in [0, 0.1) is 23.2 Å². The van der Waals surface area contributed by atoms with E-state index in [1.807, 2.05) is 26.8 Å². The molecule has 5 heteroatoms. The third kappa shape index (κ3) is 4.57. The summed E-state index contributed by atoms with van der Waals surface area (Å²) in [5, 5.41) is 33.3. The molecule has 0 amide bonds. The molecule has 2 rings (SSSR count). The summed E-state index contributed by atoms with van der Waals surface area (Å²) < 4.78 is 0. The van der Waals surface area contributed by atoms with Crippen LogP contribution in [-0.2, 0) is 9.59 Å². The average molecular weight is 431 g/mol. The molecule has 31 heavy (non-hydrogen) atoms. The van der Waals surface area contributed by atoms with Gasteiger partial charge in [0.25, 0.3) is 0 Å². The van der Waals surface area contributed by atoms with Crippen LogP contribution in [0.3, 0.4) is 0 Å². The lowest BCUT2D eigenvalue weighted by Crippen LogP contribution is -2.41. The second-order valence-corrected chi connectivity index (χ2v) is 10.4. The van der Waals surface area contributed by atoms with E-state index in [0.29, 0.717) is 6.42 Å². The van der Waals surface area contributed by atoms with Crippen molar-refractivity contribution < 1.29 is 24.9 Å². The molecule has 3 N–H and O–H groups in total. The Morgan fingerprint density at radius 1 is 1.23 bits per heavy atom. The van der Waals surface area contributed by atoms with Crippen LogP contribution >= 0.6 is 0 Å². The minimum Gasteiger partial charge on any atom is -0.511 e. The Hall–Kier alpha value is -2.14. The van der Waals surface area contributed by atoms with Crippen molar-refractivity contribution >= 4 is 11.6 Å². The van der Waals surface area contributed by atoms with E-state index in [4.69, 9.17) is 0 Å². The van der Waals surface area contributed by atoms with Crippen LogP contribution in [0.2, 0.25) is 0 Å². The summed E-state index contributed by atoms with van der Waals surface area (Å²) in [6, 6.07) is 0. The molecule has 0 aromatic rings. The number of allylic oxidation sites excluding steroid dienone is 6. The molecule has 0 aliphatic heterocycles. The van der Waals surface area contributed by atoms with E-state index < -0.39 is 34.3 Å². The van der Waals surface area contributed by atoms with Crippen molar-refractivity contribution in [2.75, 3.05) is 0 Å². The number of aliphatic hydroxyl groups is 3. The van der Waals surface area contributed by atoms with Gasteiger partial charge in [-0.3, -0.25) is 9.59 Å². The van der Waals surface area contributed by atoms with Gasteiger partial charge < -0.3 is 15.3 Å². The quantitative estimate of drug-likeness (QED) is 0.365. The molecule has 1 fully saturated rings. The number of hydrogen-bond donors (Lipinski definition) is 3. The van der Waals surface area contributed by atoms with E-state index in [1.54, 1.807) is 27.7 Å². The number of rotatable bonds is 7. The van der Waals surface area contributed by atoms with Gasteiger partial charge in [0.15, 0.2) is 11.6 Å². The van der Waals surface area contributed by atoms with Crippen molar-refractivity contribution in [3.8, 4) is 0 Å². The van der Waals surface area contributed by atoms with Crippen LogP contribution in [0.25, 0.3) is 0 Å². The largest absolute Gasteiger partial charge is 0.511 e. The van der Waals surface area contributed by atoms with Crippen molar-refractivity contribution in [2.45, 2.75) is 79.8 Å². The Kier molecular flexibility index (Phi) is 7.11. The number of aliphatic hydroxyl groups excluding tert-OH is 2. The molecule has 172 valence electrons. The van der Waals surface area contributed by atoms with Crippen molar-refractivity contribution in [3.63, 3.8) is 0 Å². The maximum absolute atomic E-state index is 13.4. The second-order valence-electron chi connectivity index (χ2n) is 10.4. The Morgan fingerprint density at radius 2 is 1.81 bits per heavy atom. The van der Waals surface area contributed by atoms with Gasteiger partial charge in [-0.25, -0.2) is 0 Å². The molecule has 0 spiro atoms. The zero-order valence-electron chi connectivity index (χ0n) is 20.0. The highest BCUT2D eigenvalue weighted by atomic mass is 16.3. The number of Topliss-reactive ketones (excluding diaryl/α,β-unsaturated/α-hetero) is 2. The maximum atomic E-state index is 13.4. The fourth-order valence-corrected chi connectivity index (χ4v) is 4.83. The standard InChI is InChI=1S/C26H38O5/c1-14(2)9-11-25(7)23(29)18(22(28)20(24(25)30)21(27)16(5)6)13-19-17(15(3)4)10-12-26(19,8)31/h9,16-17,19,28-29,31H,3,10-13H2,1-2,4-8H3/t17-,19-,25?,26+/m1/s1. The van der Waals surface area contributed by atoms with Gasteiger partial charge in [0, 0.05) is 11.5 Å². The first-order chi connectivity index (χ1) is 14.1. The Labute approximate surface area is 186 Å². The third-order valence-electron chi connectivity index (χ3n) is 7.05. The van der Waals surface area contributed by atoms with Crippen molar-refractivity contribution in [3.05, 3.63) is 46.5 Å². The molecular weight excluding hydrogens is 392 g/mol. The van der Waals surface area contributed by atoms with E-state index in [9.17, 15) is 24.9 Å². The van der Waals surface area contributed by atoms with Gasteiger partial charge in [-0.15, -0.1) is 0 Å². The zero-order valence-corrected chi connectivity index (χ0v) is 20.0. The number of ketones is 2. The molecule has 0 heterocycles. The van der Waals surface area contributed by atoms with Crippen molar-refractivity contribution in [2.24, 2.45) is 23.2 Å². The predicted molar refractivity (Wildman–Crippen MR) is 123 cm³/mol. The van der Waals surface area contributed by atoms with Gasteiger partial charge >= 0.3 is 0 Å². The summed E-state index contributed by atoms with van der Waals surface area (Å²) in [7, 11) is 0. The highest BCUT2D eigenvalue weighted by Crippen LogP contribution is 2.50. The van der Waals surface area contributed by atoms with Crippen LogP contribution in [0.1, 0.15) is 74.1 Å². The van der Waals surface area contributed by atoms with Crippen LogP contribution in [0.15, 0.2) is 46.5 Å². The molecule has 0 radical (unpaired) electrons. The van der Waals surface area contributed by atoms with Crippen LogP contribution < -0.4 is 0 Å². The Balaban J connectivity index is 2.68. The van der Waals surface area contributed by atoms with Gasteiger partial charge in [-0.05, 0) is 72.1 Å². The molecule has 1 saturated carbocycles. The summed E-state index contributed by atoms with van der Waals surface area (Å²) >= 11 is 0. The lowest BCUT2D eigenvalue weighted by Gasteiger charge is -2.37. The highest BCUT2D eigenvalue weighted by Gasteiger charge is 2.51. The molecule has 0 saturated heterocycles. The predicted octanol–water partition coefficient (Wildman–Crippen LogP) is 5.52. The molecule has 5 nitrogen and oxygen atoms in total. The van der Waals surface area contributed by atoms with Gasteiger partial charge in [0.2, 0.25) is 0 Å². The minimum absolute atomic E-state index is 0.0222. The third-order valence-corrected chi connectivity index (χ3v) is 7.05. The van der Waals surface area contributed by atoms with E-state index in [2.05, 4.69) is 6.58 Å². The van der Waals surface area contributed by atoms with Crippen LogP contribution in [0.4, 0.5) is 0 Å². The maximum Gasteiger partial charge on any atom is 0.183 e. The Morgan fingerprint density at radius 3 is 2.29 bits per heavy atom. The molecule has 0 aromatic carbocycles. The lowest BCUT2D eigenvalue weighted by molar-refractivity contribution is -0.128. The summed E-state index contributed by atoms with van der Waals surface area (Å²) in [4.78, 5) is 26.3. The second kappa shape index (κ2) is 8.78. The van der Waals surface area contributed by atoms with Gasteiger partial charge in [0.05, 0.1) is 11.0 Å². The Bertz CT molecular complexity index is 879. The fraction of sp³-hybridized carbons (Fsp3) is 0.615. The molecule has 0 bridgehead atoms. The molecule has 4 atom stereocenters. The van der Waals surface area contributed by atoms with Crippen LogP contribution in [-0.4, -0.2) is 32.5 Å². The van der Waals surface area contributed by atoms with E-state index >= 15 is 0 Å². The van der Waals surface area contributed by atoms with Crippen molar-refractivity contribution in [1.29, 1.82) is 0 Å². The highest BCUT2D eigenvalue weighted by molar-refractivity contribution is 6.24. The molecular formula is C26H38O5. The van der Waals surface area contributed by atoms with E-state index in [-0.39, 0.29) is 41.6 Å². The minimum atomic E-state index is -1.35. The summed E-state index contributed by atoms with van der Waals surface area (Å²) in [5.74, 6) is -2.40. The first-order valence-electron chi connectivity index (χ1n) is 11.1. The molecule has 0 aromatic heterocycles. The number of carbonyl (C=O) groups is 2. The van der Waals surface area contributed by atoms with Gasteiger partial charge in [0.1, 0.15) is 17.1 Å². The van der Waals surface area contributed by atoms with E-state index in [0.717, 1.165) is 17.6 Å². The normalized spacial score (nSPS) is 31.5. The fourth-order valence-electron chi connectivity index (χ4n) is 4.83.